The minimum absolute atomic E-state index is 0.0876. The summed E-state index contributed by atoms with van der Waals surface area (Å²) in [5.41, 5.74) is 4.01. The van der Waals surface area contributed by atoms with Crippen molar-refractivity contribution in [2.24, 2.45) is 0 Å². The number of rotatable bonds is 11. The molecule has 0 saturated carbocycles. The first-order valence-corrected chi connectivity index (χ1v) is 15.4. The molecule has 0 atom stereocenters. The molecule has 0 spiro atoms. The van der Waals surface area contributed by atoms with Crippen molar-refractivity contribution in [1.82, 2.24) is 10.3 Å². The van der Waals surface area contributed by atoms with Crippen molar-refractivity contribution >= 4 is 34.8 Å². The molecule has 7 nitrogen and oxygen atoms in total. The van der Waals surface area contributed by atoms with Crippen LogP contribution in [0.1, 0.15) is 48.0 Å². The number of amides is 1. The molecule has 238 valence electrons. The number of ether oxygens (including phenoxy) is 3. The van der Waals surface area contributed by atoms with Crippen molar-refractivity contribution in [3.8, 4) is 17.2 Å². The second-order valence-corrected chi connectivity index (χ2v) is 12.1. The first kappa shape index (κ1) is 34.0. The molecule has 5 aromatic rings. The van der Waals surface area contributed by atoms with E-state index >= 15 is 0 Å². The third kappa shape index (κ3) is 10.3. The molecular weight excluding hydrogens is 600 g/mol. The number of carbonyl (C=O) groups is 2. The number of halogens is 1. The number of aromatic nitrogens is 1. The van der Waals surface area contributed by atoms with Crippen molar-refractivity contribution in [2.45, 2.75) is 39.0 Å². The van der Waals surface area contributed by atoms with Gasteiger partial charge in [-0.05, 0) is 94.6 Å². The van der Waals surface area contributed by atoms with Gasteiger partial charge >= 0.3 is 0 Å². The number of fused-ring (bicyclic) bond motifs is 1. The molecule has 4 aromatic carbocycles. The minimum Gasteiger partial charge on any atom is -0.493 e. The van der Waals surface area contributed by atoms with Gasteiger partial charge in [0.05, 0.1) is 13.7 Å². The first-order chi connectivity index (χ1) is 22.1. The molecule has 1 amide bonds. The third-order valence-corrected chi connectivity index (χ3v) is 7.43. The van der Waals surface area contributed by atoms with E-state index in [-0.39, 0.29) is 11.3 Å². The van der Waals surface area contributed by atoms with Crippen molar-refractivity contribution < 1.29 is 23.8 Å². The zero-order chi connectivity index (χ0) is 32.9. The molecule has 1 heterocycles. The van der Waals surface area contributed by atoms with Crippen molar-refractivity contribution in [3.63, 3.8) is 0 Å². The third-order valence-electron chi connectivity index (χ3n) is 7.17. The van der Waals surface area contributed by atoms with Gasteiger partial charge in [0.15, 0.2) is 0 Å². The zero-order valence-electron chi connectivity index (χ0n) is 26.6. The van der Waals surface area contributed by atoms with Crippen LogP contribution in [0.5, 0.6) is 17.2 Å². The van der Waals surface area contributed by atoms with Gasteiger partial charge in [0.1, 0.15) is 22.9 Å². The Morgan fingerprint density at radius 1 is 0.804 bits per heavy atom. The van der Waals surface area contributed by atoms with E-state index in [1.807, 2.05) is 78.9 Å². The molecule has 0 radical (unpaired) electrons. The van der Waals surface area contributed by atoms with E-state index in [0.717, 1.165) is 39.3 Å². The van der Waals surface area contributed by atoms with Gasteiger partial charge < -0.3 is 19.5 Å². The van der Waals surface area contributed by atoms with E-state index < -0.39 is 0 Å². The van der Waals surface area contributed by atoms with Gasteiger partial charge in [0.25, 0.3) is 12.4 Å². The van der Waals surface area contributed by atoms with E-state index in [1.54, 1.807) is 12.3 Å². The Morgan fingerprint density at radius 3 is 2.07 bits per heavy atom. The van der Waals surface area contributed by atoms with Crippen LogP contribution in [-0.4, -0.2) is 37.6 Å². The lowest BCUT2D eigenvalue weighted by Gasteiger charge is -2.19. The number of hydrogen-bond donors (Lipinski definition) is 1. The summed E-state index contributed by atoms with van der Waals surface area (Å²) < 4.78 is 15.8. The van der Waals surface area contributed by atoms with Gasteiger partial charge in [-0.25, -0.2) is 0 Å². The number of pyridine rings is 1. The molecule has 0 aliphatic carbocycles. The highest BCUT2D eigenvalue weighted by Gasteiger charge is 2.13. The summed E-state index contributed by atoms with van der Waals surface area (Å²) in [7, 11) is 1.31. The molecule has 5 rings (SSSR count). The Morgan fingerprint density at radius 2 is 1.41 bits per heavy atom. The van der Waals surface area contributed by atoms with E-state index in [9.17, 15) is 4.79 Å². The molecule has 0 saturated heterocycles. The van der Waals surface area contributed by atoms with Crippen LogP contribution in [0.3, 0.4) is 0 Å². The van der Waals surface area contributed by atoms with Gasteiger partial charge in [-0.1, -0.05) is 68.8 Å². The summed E-state index contributed by atoms with van der Waals surface area (Å²) in [6.45, 7) is 8.03. The van der Waals surface area contributed by atoms with Crippen LogP contribution in [0, 0.1) is 0 Å². The average Bonchev–Trinajstić information content (AvgIpc) is 3.06. The van der Waals surface area contributed by atoms with Crippen molar-refractivity contribution in [1.29, 1.82) is 0 Å². The van der Waals surface area contributed by atoms with Crippen LogP contribution >= 0.6 is 11.6 Å². The van der Waals surface area contributed by atoms with Crippen molar-refractivity contribution in [2.75, 3.05) is 20.3 Å². The highest BCUT2D eigenvalue weighted by atomic mass is 35.5. The van der Waals surface area contributed by atoms with Gasteiger partial charge in [-0.15, -0.1) is 0 Å². The standard InChI is InChI=1S/C36H35ClN2O3.C2H4O2/c1-36(2,3)29-9-16-32(17-10-29)42-33-15-8-27-24-39-34(23-28(27)22-33)35(40)38-20-18-25-6-13-31(14-7-25)41-21-19-26-4-11-30(37)12-5-26;1-4-2-3/h4-17,22-24H,18-21H2,1-3H3,(H,38,40);2H,1H3. The van der Waals surface area contributed by atoms with Gasteiger partial charge in [0.2, 0.25) is 0 Å². The fourth-order valence-corrected chi connectivity index (χ4v) is 4.69. The molecule has 0 aliphatic rings. The number of benzene rings is 4. The summed E-state index contributed by atoms with van der Waals surface area (Å²) in [6, 6.07) is 31.5. The Balaban J connectivity index is 0.00000113. The van der Waals surface area contributed by atoms with Gasteiger partial charge in [0, 0.05) is 29.6 Å². The Hall–Kier alpha value is -4.88. The maximum absolute atomic E-state index is 12.8. The largest absolute Gasteiger partial charge is 0.493 e. The SMILES string of the molecule is CC(C)(C)c1ccc(Oc2ccc3cnc(C(=O)NCCc4ccc(OCCc5ccc(Cl)cc5)cc4)cc3c2)cc1.COC=O. The fourth-order valence-electron chi connectivity index (χ4n) is 4.57. The smallest absolute Gasteiger partial charge is 0.292 e. The lowest BCUT2D eigenvalue weighted by Crippen LogP contribution is -2.26. The molecule has 0 fully saturated rings. The quantitative estimate of drug-likeness (QED) is 0.146. The van der Waals surface area contributed by atoms with Gasteiger partial charge in [-0.2, -0.15) is 0 Å². The zero-order valence-corrected chi connectivity index (χ0v) is 27.3. The molecule has 8 heteroatoms. The minimum atomic E-state index is -0.205. The highest BCUT2D eigenvalue weighted by molar-refractivity contribution is 6.30. The van der Waals surface area contributed by atoms with E-state index in [0.29, 0.717) is 37.5 Å². The summed E-state index contributed by atoms with van der Waals surface area (Å²) in [5.74, 6) is 2.10. The Labute approximate surface area is 275 Å². The fraction of sp³-hybridized carbons (Fsp3) is 0.237. The van der Waals surface area contributed by atoms with Crippen LogP contribution in [0.25, 0.3) is 10.8 Å². The van der Waals surface area contributed by atoms with Crippen LogP contribution in [0.15, 0.2) is 103 Å². The summed E-state index contributed by atoms with van der Waals surface area (Å²) in [5, 5.41) is 5.55. The second kappa shape index (κ2) is 16.4. The predicted molar refractivity (Wildman–Crippen MR) is 183 cm³/mol. The van der Waals surface area contributed by atoms with E-state index in [2.05, 4.69) is 47.9 Å². The Kier molecular flexibility index (Phi) is 12.1. The van der Waals surface area contributed by atoms with Crippen LogP contribution in [0.4, 0.5) is 0 Å². The van der Waals surface area contributed by atoms with Crippen molar-refractivity contribution in [3.05, 3.63) is 131 Å². The average molecular weight is 639 g/mol. The molecule has 0 bridgehead atoms. The normalized spacial score (nSPS) is 10.8. The number of methoxy groups -OCH3 is 1. The topological polar surface area (TPSA) is 86.8 Å². The molecule has 46 heavy (non-hydrogen) atoms. The first-order valence-electron chi connectivity index (χ1n) is 15.0. The second-order valence-electron chi connectivity index (χ2n) is 11.7. The number of nitrogens with zero attached hydrogens (tertiary/aromatic N) is 1. The number of hydrogen-bond acceptors (Lipinski definition) is 6. The monoisotopic (exact) mass is 638 g/mol. The van der Waals surface area contributed by atoms with Crippen LogP contribution in [-0.2, 0) is 27.8 Å². The lowest BCUT2D eigenvalue weighted by molar-refractivity contribution is -0.126. The predicted octanol–water partition coefficient (Wildman–Crippen LogP) is 8.36. The molecule has 1 aromatic heterocycles. The van der Waals surface area contributed by atoms with Gasteiger partial charge in [-0.3, -0.25) is 14.6 Å². The molecule has 1 N–H and O–H groups in total. The highest BCUT2D eigenvalue weighted by Crippen LogP contribution is 2.29. The molecule has 0 aliphatic heterocycles. The lowest BCUT2D eigenvalue weighted by atomic mass is 9.87. The summed E-state index contributed by atoms with van der Waals surface area (Å²) >= 11 is 5.94. The Bertz CT molecular complexity index is 1710. The number of nitrogens with one attached hydrogen (secondary N) is 1. The maximum Gasteiger partial charge on any atom is 0.292 e. The molecular formula is C38H39ClN2O5. The summed E-state index contributed by atoms with van der Waals surface area (Å²) in [4.78, 5) is 26.2. The van der Waals surface area contributed by atoms with Crippen LogP contribution < -0.4 is 14.8 Å². The summed E-state index contributed by atoms with van der Waals surface area (Å²) in [6.07, 6.45) is 3.24. The van der Waals surface area contributed by atoms with Crippen LogP contribution in [0.2, 0.25) is 5.02 Å². The maximum atomic E-state index is 12.8. The van der Waals surface area contributed by atoms with E-state index in [4.69, 9.17) is 25.9 Å². The molecule has 0 unspecified atom stereocenters. The number of carbonyl (C=O) groups excluding carboxylic acids is 2. The van der Waals surface area contributed by atoms with E-state index in [1.165, 1.54) is 18.2 Å².